The molecule has 2 aromatic heterocycles. The van der Waals surface area contributed by atoms with Gasteiger partial charge in [-0.3, -0.25) is 0 Å². The zero-order valence-corrected chi connectivity index (χ0v) is 33.4. The van der Waals surface area contributed by atoms with Crippen molar-refractivity contribution in [2.24, 2.45) is 0 Å². The fourth-order valence-electron chi connectivity index (χ4n) is 9.49. The van der Waals surface area contributed by atoms with Gasteiger partial charge in [-0.15, -0.1) is 0 Å². The van der Waals surface area contributed by atoms with Crippen molar-refractivity contribution in [2.75, 3.05) is 4.90 Å². The molecule has 12 rings (SSSR count). The first-order chi connectivity index (χ1) is 30.3. The molecule has 3 nitrogen and oxygen atoms in total. The zero-order chi connectivity index (χ0) is 40.3. The predicted molar refractivity (Wildman–Crippen MR) is 258 cm³/mol. The molecule has 0 radical (unpaired) electrons. The Morgan fingerprint density at radius 1 is 0.279 bits per heavy atom. The molecule has 0 N–H and O–H groups in total. The molecule has 0 spiro atoms. The lowest BCUT2D eigenvalue weighted by Crippen LogP contribution is -2.11. The third-order valence-corrected chi connectivity index (χ3v) is 12.2. The highest BCUT2D eigenvalue weighted by Gasteiger charge is 2.23. The van der Waals surface area contributed by atoms with Gasteiger partial charge in [0.25, 0.3) is 0 Å². The lowest BCUT2D eigenvalue weighted by Gasteiger charge is -2.27. The second-order valence-electron chi connectivity index (χ2n) is 15.8. The van der Waals surface area contributed by atoms with Gasteiger partial charge in [-0.05, 0) is 106 Å². The number of hydrogen-bond donors (Lipinski definition) is 0. The van der Waals surface area contributed by atoms with Crippen LogP contribution in [0.4, 0.5) is 17.1 Å². The average Bonchev–Trinajstić information content (AvgIpc) is 3.85. The number of hydrogen-bond acceptors (Lipinski definition) is 1. The van der Waals surface area contributed by atoms with Crippen molar-refractivity contribution in [3.05, 3.63) is 237 Å². The molecule has 0 amide bonds. The fourth-order valence-corrected chi connectivity index (χ4v) is 9.49. The molecule has 286 valence electrons. The average molecular weight is 778 g/mol. The van der Waals surface area contributed by atoms with E-state index in [9.17, 15) is 0 Å². The summed E-state index contributed by atoms with van der Waals surface area (Å²) in [6.45, 7) is 0. The Morgan fingerprint density at radius 2 is 0.820 bits per heavy atom. The van der Waals surface area contributed by atoms with Crippen molar-refractivity contribution >= 4 is 71.4 Å². The van der Waals surface area contributed by atoms with Gasteiger partial charge in [-0.1, -0.05) is 164 Å². The van der Waals surface area contributed by atoms with E-state index in [0.29, 0.717) is 0 Å². The molecule has 0 bridgehead atoms. The second-order valence-corrected chi connectivity index (χ2v) is 15.8. The van der Waals surface area contributed by atoms with Crippen molar-refractivity contribution < 1.29 is 0 Å². The van der Waals surface area contributed by atoms with Gasteiger partial charge in [-0.2, -0.15) is 0 Å². The van der Waals surface area contributed by atoms with Crippen LogP contribution in [0.5, 0.6) is 0 Å². The summed E-state index contributed by atoms with van der Waals surface area (Å²) in [7, 11) is 0. The Kier molecular flexibility index (Phi) is 8.17. The van der Waals surface area contributed by atoms with Crippen molar-refractivity contribution in [1.29, 1.82) is 0 Å². The molecule has 0 saturated carbocycles. The number of rotatable bonds is 7. The molecule has 0 fully saturated rings. The maximum absolute atomic E-state index is 2.47. The molecule has 0 aliphatic carbocycles. The molecule has 0 atom stereocenters. The second kappa shape index (κ2) is 14.3. The largest absolute Gasteiger partial charge is 0.310 e. The minimum absolute atomic E-state index is 1.08. The molecule has 0 unspecified atom stereocenters. The highest BCUT2D eigenvalue weighted by molar-refractivity contribution is 6.17. The van der Waals surface area contributed by atoms with E-state index in [4.69, 9.17) is 0 Å². The SMILES string of the molecule is c1ccc(-c2cccc(N(c3ccc4c5ccccc5n(-c5ccc6ccccc6c5)c4c3)c3cccc4c3c3ccccc3n4-c3cccc(-c4ccccc4)c3)c2)cc1. The molecule has 3 heteroatoms. The van der Waals surface area contributed by atoms with Gasteiger partial charge in [0, 0.05) is 44.3 Å². The van der Waals surface area contributed by atoms with Crippen LogP contribution in [0.15, 0.2) is 237 Å². The van der Waals surface area contributed by atoms with Crippen LogP contribution in [0.1, 0.15) is 0 Å². The predicted octanol–water partition coefficient (Wildman–Crippen LogP) is 15.8. The van der Waals surface area contributed by atoms with Gasteiger partial charge in [0.15, 0.2) is 0 Å². The maximum atomic E-state index is 2.47. The van der Waals surface area contributed by atoms with Crippen LogP contribution in [0, 0.1) is 0 Å². The summed E-state index contributed by atoms with van der Waals surface area (Å²) < 4.78 is 4.87. The van der Waals surface area contributed by atoms with Crippen LogP contribution in [-0.4, -0.2) is 9.13 Å². The highest BCUT2D eigenvalue weighted by atomic mass is 15.2. The minimum Gasteiger partial charge on any atom is -0.310 e. The minimum atomic E-state index is 1.08. The number of nitrogens with zero attached hydrogens (tertiary/aromatic N) is 3. The number of benzene rings is 10. The molecule has 12 aromatic rings. The molecule has 10 aromatic carbocycles. The van der Waals surface area contributed by atoms with E-state index >= 15 is 0 Å². The third kappa shape index (κ3) is 5.82. The summed E-state index contributed by atoms with van der Waals surface area (Å²) in [4.78, 5) is 2.47. The van der Waals surface area contributed by atoms with E-state index in [0.717, 1.165) is 39.5 Å². The molecular weight excluding hydrogens is 739 g/mol. The van der Waals surface area contributed by atoms with E-state index in [-0.39, 0.29) is 0 Å². The van der Waals surface area contributed by atoms with E-state index in [2.05, 4.69) is 251 Å². The maximum Gasteiger partial charge on any atom is 0.0562 e. The van der Waals surface area contributed by atoms with Crippen molar-refractivity contribution in [1.82, 2.24) is 9.13 Å². The fraction of sp³-hybridized carbons (Fsp3) is 0. The van der Waals surface area contributed by atoms with Crippen LogP contribution in [0.2, 0.25) is 0 Å². The topological polar surface area (TPSA) is 13.1 Å². The van der Waals surface area contributed by atoms with Crippen LogP contribution >= 0.6 is 0 Å². The summed E-state index contributed by atoms with van der Waals surface area (Å²) >= 11 is 0. The Hall–Kier alpha value is -8.14. The monoisotopic (exact) mass is 777 g/mol. The Balaban J connectivity index is 1.13. The van der Waals surface area contributed by atoms with Crippen molar-refractivity contribution in [3.8, 4) is 33.6 Å². The van der Waals surface area contributed by atoms with Crippen molar-refractivity contribution in [3.63, 3.8) is 0 Å². The first-order valence-electron chi connectivity index (χ1n) is 20.9. The van der Waals surface area contributed by atoms with Gasteiger partial charge in [0.05, 0.1) is 27.8 Å². The van der Waals surface area contributed by atoms with Crippen LogP contribution in [0.3, 0.4) is 0 Å². The molecule has 2 heterocycles. The highest BCUT2D eigenvalue weighted by Crippen LogP contribution is 2.46. The summed E-state index contributed by atoms with van der Waals surface area (Å²) in [5, 5.41) is 7.31. The Morgan fingerprint density at radius 3 is 1.61 bits per heavy atom. The Labute approximate surface area is 354 Å². The molecule has 61 heavy (non-hydrogen) atoms. The zero-order valence-electron chi connectivity index (χ0n) is 33.4. The summed E-state index contributed by atoms with van der Waals surface area (Å²) in [5.41, 5.74) is 15.0. The van der Waals surface area contributed by atoms with E-state index in [1.807, 2.05) is 0 Å². The quantitative estimate of drug-likeness (QED) is 0.157. The Bertz CT molecular complexity index is 3600. The molecule has 0 aliphatic heterocycles. The molecule has 0 saturated heterocycles. The number of aromatic nitrogens is 2. The van der Waals surface area contributed by atoms with Crippen LogP contribution in [0.25, 0.3) is 88.0 Å². The van der Waals surface area contributed by atoms with E-state index < -0.39 is 0 Å². The van der Waals surface area contributed by atoms with E-state index in [1.165, 1.54) is 65.6 Å². The van der Waals surface area contributed by atoms with Gasteiger partial charge >= 0.3 is 0 Å². The van der Waals surface area contributed by atoms with Gasteiger partial charge < -0.3 is 14.0 Å². The van der Waals surface area contributed by atoms with Gasteiger partial charge in [0.2, 0.25) is 0 Å². The standard InChI is InChI=1S/C58H39N3/c1-3-16-40(17-4-1)44-22-13-24-46(36-44)59(49-34-35-51-50-26-9-11-28-53(50)61(57(51)39-49)48-33-32-42-20-7-8-21-43(42)38-48)55-30-15-31-56-58(55)52-27-10-12-29-54(52)60(56)47-25-14-23-45(37-47)41-18-5-2-6-19-41/h1-39H. The normalized spacial score (nSPS) is 11.6. The van der Waals surface area contributed by atoms with E-state index in [1.54, 1.807) is 0 Å². The lowest BCUT2D eigenvalue weighted by molar-refractivity contribution is 1.18. The van der Waals surface area contributed by atoms with Gasteiger partial charge in [-0.25, -0.2) is 0 Å². The first-order valence-corrected chi connectivity index (χ1v) is 20.9. The number of anilines is 3. The van der Waals surface area contributed by atoms with Gasteiger partial charge in [0.1, 0.15) is 0 Å². The first kappa shape index (κ1) is 34.9. The number of fused-ring (bicyclic) bond motifs is 7. The molecular formula is C58H39N3. The molecule has 0 aliphatic rings. The smallest absolute Gasteiger partial charge is 0.0562 e. The third-order valence-electron chi connectivity index (χ3n) is 12.2. The van der Waals surface area contributed by atoms with Crippen LogP contribution in [-0.2, 0) is 0 Å². The summed E-state index contributed by atoms with van der Waals surface area (Å²) in [6.07, 6.45) is 0. The van der Waals surface area contributed by atoms with Crippen LogP contribution < -0.4 is 4.90 Å². The summed E-state index contributed by atoms with van der Waals surface area (Å²) in [6, 6.07) is 86.1. The lowest BCUT2D eigenvalue weighted by atomic mass is 10.0. The summed E-state index contributed by atoms with van der Waals surface area (Å²) in [5.74, 6) is 0. The number of para-hydroxylation sites is 2. The van der Waals surface area contributed by atoms with Crippen molar-refractivity contribution in [2.45, 2.75) is 0 Å².